The number of hydrogen-bond acceptors (Lipinski definition) is 2. The summed E-state index contributed by atoms with van der Waals surface area (Å²) < 4.78 is 6.02. The minimum absolute atomic E-state index is 0. The number of nitrogens with one attached hydrogen (secondary N) is 1. The van der Waals surface area contributed by atoms with Crippen LogP contribution in [-0.4, -0.2) is 19.2 Å². The van der Waals surface area contributed by atoms with Crippen molar-refractivity contribution in [1.29, 1.82) is 0 Å². The average Bonchev–Trinajstić information content (AvgIpc) is 2.42. The second-order valence-electron chi connectivity index (χ2n) is 5.95. The summed E-state index contributed by atoms with van der Waals surface area (Å²) in [6, 6.07) is 6.23. The molecule has 0 aliphatic carbocycles. The molecule has 0 radical (unpaired) electrons. The van der Waals surface area contributed by atoms with Crippen LogP contribution >= 0.6 is 24.0 Å². The van der Waals surface area contributed by atoms with Crippen LogP contribution in [0.3, 0.4) is 0 Å². The Labute approximate surface area is 133 Å². The smallest absolute Gasteiger partial charge is 0.138 e. The molecular weight excluding hydrogens is 293 g/mol. The van der Waals surface area contributed by atoms with Crippen molar-refractivity contribution in [3.05, 3.63) is 28.8 Å². The molecular formula is C16H25Cl2NO. The number of hydrogen-bond donors (Lipinski definition) is 1. The van der Waals surface area contributed by atoms with E-state index in [1.807, 2.05) is 6.07 Å². The molecule has 0 amide bonds. The molecule has 1 aliphatic heterocycles. The molecule has 0 aromatic heterocycles. The van der Waals surface area contributed by atoms with Crippen LogP contribution in [0.5, 0.6) is 5.75 Å². The van der Waals surface area contributed by atoms with Gasteiger partial charge in [-0.25, -0.2) is 0 Å². The SMILES string of the molecule is CCC(C)(C)c1ccc(OC2CCNCC2)c(Cl)c1.Cl. The monoisotopic (exact) mass is 317 g/mol. The van der Waals surface area contributed by atoms with Gasteiger partial charge in [0.1, 0.15) is 11.9 Å². The summed E-state index contributed by atoms with van der Waals surface area (Å²) in [6.45, 7) is 8.75. The summed E-state index contributed by atoms with van der Waals surface area (Å²) in [5, 5.41) is 4.07. The minimum atomic E-state index is 0. The fourth-order valence-corrected chi connectivity index (χ4v) is 2.54. The molecule has 1 aromatic rings. The van der Waals surface area contributed by atoms with Gasteiger partial charge in [0.15, 0.2) is 0 Å². The highest BCUT2D eigenvalue weighted by molar-refractivity contribution is 6.32. The van der Waals surface area contributed by atoms with Gasteiger partial charge in [0.2, 0.25) is 0 Å². The maximum absolute atomic E-state index is 6.37. The number of ether oxygens (including phenoxy) is 1. The van der Waals surface area contributed by atoms with E-state index in [0.29, 0.717) is 6.10 Å². The molecule has 0 spiro atoms. The molecule has 1 aliphatic rings. The van der Waals surface area contributed by atoms with Gasteiger partial charge in [-0.15, -0.1) is 12.4 Å². The summed E-state index contributed by atoms with van der Waals surface area (Å²) in [7, 11) is 0. The Balaban J connectivity index is 0.00000200. The Kier molecular flexibility index (Phi) is 6.63. The van der Waals surface area contributed by atoms with Gasteiger partial charge in [-0.2, -0.15) is 0 Å². The van der Waals surface area contributed by atoms with Gasteiger partial charge in [-0.05, 0) is 55.5 Å². The predicted octanol–water partition coefficient (Wildman–Crippen LogP) is 4.58. The Hall–Kier alpha value is -0.440. The van der Waals surface area contributed by atoms with E-state index in [1.54, 1.807) is 0 Å². The van der Waals surface area contributed by atoms with Gasteiger partial charge >= 0.3 is 0 Å². The number of halogens is 2. The third-order valence-electron chi connectivity index (χ3n) is 4.18. The first kappa shape index (κ1) is 17.6. The van der Waals surface area contributed by atoms with Crippen molar-refractivity contribution in [2.45, 2.75) is 51.6 Å². The lowest BCUT2D eigenvalue weighted by Crippen LogP contribution is -2.34. The molecule has 20 heavy (non-hydrogen) atoms. The molecule has 2 nitrogen and oxygen atoms in total. The van der Waals surface area contributed by atoms with Crippen LogP contribution < -0.4 is 10.1 Å². The maximum atomic E-state index is 6.37. The molecule has 114 valence electrons. The second-order valence-corrected chi connectivity index (χ2v) is 6.36. The van der Waals surface area contributed by atoms with Crippen LogP contribution in [0.2, 0.25) is 5.02 Å². The summed E-state index contributed by atoms with van der Waals surface area (Å²) in [5.41, 5.74) is 1.44. The van der Waals surface area contributed by atoms with Crippen LogP contribution in [0, 0.1) is 0 Å². The molecule has 2 rings (SSSR count). The van der Waals surface area contributed by atoms with E-state index in [1.165, 1.54) is 5.56 Å². The van der Waals surface area contributed by atoms with E-state index in [0.717, 1.165) is 43.1 Å². The lowest BCUT2D eigenvalue weighted by atomic mass is 9.82. The molecule has 0 unspecified atom stereocenters. The van der Waals surface area contributed by atoms with Gasteiger partial charge in [-0.3, -0.25) is 0 Å². The molecule has 4 heteroatoms. The predicted molar refractivity (Wildman–Crippen MR) is 88.5 cm³/mol. The number of piperidine rings is 1. The largest absolute Gasteiger partial charge is 0.489 e. The maximum Gasteiger partial charge on any atom is 0.138 e. The summed E-state index contributed by atoms with van der Waals surface area (Å²) in [4.78, 5) is 0. The zero-order valence-corrected chi connectivity index (χ0v) is 14.1. The molecule has 0 saturated carbocycles. The Bertz CT molecular complexity index is 428. The Morgan fingerprint density at radius 1 is 1.30 bits per heavy atom. The molecule has 0 atom stereocenters. The highest BCUT2D eigenvalue weighted by atomic mass is 35.5. The van der Waals surface area contributed by atoms with Crippen molar-refractivity contribution in [2.75, 3.05) is 13.1 Å². The van der Waals surface area contributed by atoms with Crippen molar-refractivity contribution in [3.63, 3.8) is 0 Å². The van der Waals surface area contributed by atoms with E-state index in [-0.39, 0.29) is 17.8 Å². The van der Waals surface area contributed by atoms with E-state index in [9.17, 15) is 0 Å². The van der Waals surface area contributed by atoms with Gasteiger partial charge in [0.25, 0.3) is 0 Å². The molecule has 1 fully saturated rings. The van der Waals surface area contributed by atoms with Crippen LogP contribution in [0.25, 0.3) is 0 Å². The lowest BCUT2D eigenvalue weighted by molar-refractivity contribution is 0.162. The molecule has 1 heterocycles. The molecule has 1 saturated heterocycles. The van der Waals surface area contributed by atoms with Gasteiger partial charge < -0.3 is 10.1 Å². The van der Waals surface area contributed by atoms with Gasteiger partial charge in [0.05, 0.1) is 5.02 Å². The highest BCUT2D eigenvalue weighted by Crippen LogP contribution is 2.34. The first-order valence-electron chi connectivity index (χ1n) is 7.20. The van der Waals surface area contributed by atoms with E-state index < -0.39 is 0 Å². The van der Waals surface area contributed by atoms with E-state index in [4.69, 9.17) is 16.3 Å². The van der Waals surface area contributed by atoms with E-state index in [2.05, 4.69) is 38.2 Å². The van der Waals surface area contributed by atoms with Crippen LogP contribution in [0.15, 0.2) is 18.2 Å². The quantitative estimate of drug-likeness (QED) is 0.877. The van der Waals surface area contributed by atoms with Crippen LogP contribution in [0.1, 0.15) is 45.6 Å². The first-order valence-corrected chi connectivity index (χ1v) is 7.58. The molecule has 1 N–H and O–H groups in total. The summed E-state index contributed by atoms with van der Waals surface area (Å²) in [6.07, 6.45) is 3.50. The van der Waals surface area contributed by atoms with Crippen LogP contribution in [-0.2, 0) is 5.41 Å². The average molecular weight is 318 g/mol. The second kappa shape index (κ2) is 7.53. The van der Waals surface area contributed by atoms with E-state index >= 15 is 0 Å². The Morgan fingerprint density at radius 2 is 1.95 bits per heavy atom. The number of benzene rings is 1. The topological polar surface area (TPSA) is 21.3 Å². The van der Waals surface area contributed by atoms with Crippen molar-refractivity contribution in [2.24, 2.45) is 0 Å². The third-order valence-corrected chi connectivity index (χ3v) is 4.47. The van der Waals surface area contributed by atoms with Crippen LogP contribution in [0.4, 0.5) is 0 Å². The standard InChI is InChI=1S/C16H24ClNO.ClH/c1-4-16(2,3)12-5-6-15(14(17)11-12)19-13-7-9-18-10-8-13;/h5-6,11,13,18H,4,7-10H2,1-3H3;1H. The lowest BCUT2D eigenvalue weighted by Gasteiger charge is -2.26. The number of rotatable bonds is 4. The fourth-order valence-electron chi connectivity index (χ4n) is 2.31. The fraction of sp³-hybridized carbons (Fsp3) is 0.625. The zero-order valence-electron chi connectivity index (χ0n) is 12.5. The zero-order chi connectivity index (χ0) is 13.9. The van der Waals surface area contributed by atoms with Crippen molar-refractivity contribution < 1.29 is 4.74 Å². The normalized spacial score (nSPS) is 16.6. The molecule has 1 aromatic carbocycles. The first-order chi connectivity index (χ1) is 9.03. The third kappa shape index (κ3) is 4.28. The van der Waals surface area contributed by atoms with Crippen molar-refractivity contribution in [1.82, 2.24) is 5.32 Å². The summed E-state index contributed by atoms with van der Waals surface area (Å²) in [5.74, 6) is 0.823. The van der Waals surface area contributed by atoms with Gasteiger partial charge in [-0.1, -0.05) is 38.4 Å². The highest BCUT2D eigenvalue weighted by Gasteiger charge is 2.20. The Morgan fingerprint density at radius 3 is 2.50 bits per heavy atom. The van der Waals surface area contributed by atoms with Crippen molar-refractivity contribution in [3.8, 4) is 5.75 Å². The molecule has 0 bridgehead atoms. The van der Waals surface area contributed by atoms with Crippen molar-refractivity contribution >= 4 is 24.0 Å². The summed E-state index contributed by atoms with van der Waals surface area (Å²) >= 11 is 6.37. The van der Waals surface area contributed by atoms with Gasteiger partial charge in [0, 0.05) is 0 Å². The minimum Gasteiger partial charge on any atom is -0.489 e.